The second-order valence-corrected chi connectivity index (χ2v) is 16.1. The van der Waals surface area contributed by atoms with E-state index >= 15 is 0 Å². The van der Waals surface area contributed by atoms with Crippen LogP contribution in [0.25, 0.3) is 33.6 Å². The summed E-state index contributed by atoms with van der Waals surface area (Å²) in [6, 6.07) is 50.3. The summed E-state index contributed by atoms with van der Waals surface area (Å²) in [6.45, 7) is 7.02. The third-order valence-electron chi connectivity index (χ3n) is 6.88. The van der Waals surface area contributed by atoms with Crippen LogP contribution in [0.5, 0.6) is 0 Å². The minimum absolute atomic E-state index is 0. The number of hydrogen-bond acceptors (Lipinski definition) is 2. The van der Waals surface area contributed by atoms with Crippen molar-refractivity contribution in [2.24, 2.45) is 0 Å². The van der Waals surface area contributed by atoms with Crippen molar-refractivity contribution < 1.29 is 20.1 Å². The number of aromatic nitrogens is 2. The molecule has 4 heteroatoms. The van der Waals surface area contributed by atoms with Crippen LogP contribution in [-0.4, -0.2) is 18.0 Å². The van der Waals surface area contributed by atoms with Gasteiger partial charge in [-0.05, 0) is 34.6 Å². The molecular weight excluding hydrogens is 705 g/mol. The summed E-state index contributed by atoms with van der Waals surface area (Å²) in [4.78, 5) is 8.99. The molecule has 0 aliphatic heterocycles. The van der Waals surface area contributed by atoms with E-state index in [2.05, 4.69) is 133 Å². The Hall–Kier alpha value is -3.95. The van der Waals surface area contributed by atoms with Crippen LogP contribution in [-0.2, 0) is 26.5 Å². The Morgan fingerprint density at radius 2 is 1.31 bits per heavy atom. The first kappa shape index (κ1) is 31.0. The quantitative estimate of drug-likeness (QED) is 0.126. The van der Waals surface area contributed by atoms with Crippen molar-refractivity contribution in [3.8, 4) is 33.6 Å². The molecule has 1 radical (unpaired) electrons. The fourth-order valence-electron chi connectivity index (χ4n) is 4.50. The molecule has 0 aliphatic rings. The molecule has 0 amide bonds. The first-order valence-electron chi connectivity index (χ1n) is 14.0. The zero-order valence-corrected chi connectivity index (χ0v) is 27.6. The van der Waals surface area contributed by atoms with Gasteiger partial charge in [-0.15, -0.1) is 70.8 Å². The van der Waals surface area contributed by atoms with Crippen molar-refractivity contribution in [3.05, 3.63) is 163 Å². The number of benzene rings is 4. The van der Waals surface area contributed by atoms with Gasteiger partial charge >= 0.3 is 0 Å². The number of hydrogen-bond donors (Lipinski definition) is 0. The van der Waals surface area contributed by atoms with Gasteiger partial charge in [0.1, 0.15) is 0 Å². The molecule has 0 fully saturated rings. The first-order valence-corrected chi connectivity index (χ1v) is 17.5. The average Bonchev–Trinajstić information content (AvgIpc) is 3.03. The fourth-order valence-corrected chi connectivity index (χ4v) is 5.54. The van der Waals surface area contributed by atoms with E-state index in [-0.39, 0.29) is 20.1 Å². The van der Waals surface area contributed by atoms with Crippen LogP contribution in [0.4, 0.5) is 0 Å². The molecule has 6 rings (SSSR count). The maximum Gasteiger partial charge on any atom is 0.0795 e. The second kappa shape index (κ2) is 14.8. The Morgan fingerprint density at radius 1 is 0.595 bits per heavy atom. The predicted molar refractivity (Wildman–Crippen MR) is 175 cm³/mol. The van der Waals surface area contributed by atoms with Gasteiger partial charge in [-0.3, -0.25) is 0 Å². The minimum atomic E-state index is -1.29. The SMILES string of the molecule is C[Si](C)(C)c1ccc(-c2[c-]ccc(-c3ccccc3)c2)nc1.[Ir].[c-]1cc(Cc2ccccc2)ccc1-c1ccccn1. The molecule has 2 nitrogen and oxygen atoms in total. The van der Waals surface area contributed by atoms with E-state index in [1.807, 2.05) is 42.6 Å². The van der Waals surface area contributed by atoms with Gasteiger partial charge in [0, 0.05) is 32.5 Å². The molecule has 2 aromatic heterocycles. The molecule has 0 bridgehead atoms. The van der Waals surface area contributed by atoms with Crippen LogP contribution in [0.1, 0.15) is 11.1 Å². The molecule has 211 valence electrons. The van der Waals surface area contributed by atoms with Crippen molar-refractivity contribution in [3.63, 3.8) is 0 Å². The number of pyridine rings is 2. The van der Waals surface area contributed by atoms with Gasteiger partial charge in [0.15, 0.2) is 0 Å². The molecule has 0 aliphatic carbocycles. The van der Waals surface area contributed by atoms with Crippen LogP contribution in [0.3, 0.4) is 0 Å². The van der Waals surface area contributed by atoms with E-state index in [1.165, 1.54) is 27.4 Å². The Balaban J connectivity index is 0.000000190. The minimum Gasteiger partial charge on any atom is -0.305 e. The number of nitrogens with zero attached hydrogens (tertiary/aromatic N) is 2. The molecule has 0 unspecified atom stereocenters. The Labute approximate surface area is 264 Å². The molecule has 0 saturated heterocycles. The van der Waals surface area contributed by atoms with E-state index in [1.54, 1.807) is 6.20 Å². The summed E-state index contributed by atoms with van der Waals surface area (Å²) in [5.41, 5.74) is 9.05. The summed E-state index contributed by atoms with van der Waals surface area (Å²) >= 11 is 0. The maximum atomic E-state index is 4.65. The standard InChI is InChI=1S/C20H20NSi.C18H14N.Ir/c1-22(2,3)19-12-13-20(21-15-19)18-11-7-10-17(14-18)16-8-5-4-6-9-16;1-2-6-15(7-3-1)14-16-9-11-17(12-10-16)18-8-4-5-13-19-18;/h4-10,12-15H,1-3H3;1-11,13H,14H2;/q2*-1;. The summed E-state index contributed by atoms with van der Waals surface area (Å²) in [6.07, 6.45) is 4.78. The van der Waals surface area contributed by atoms with Crippen LogP contribution < -0.4 is 5.19 Å². The van der Waals surface area contributed by atoms with Crippen molar-refractivity contribution >= 4 is 13.3 Å². The van der Waals surface area contributed by atoms with Gasteiger partial charge < -0.3 is 9.97 Å². The Bertz CT molecular complexity index is 1650. The zero-order chi connectivity index (χ0) is 28.5. The van der Waals surface area contributed by atoms with Gasteiger partial charge in [0.2, 0.25) is 0 Å². The number of rotatable bonds is 6. The van der Waals surface area contributed by atoms with E-state index in [0.29, 0.717) is 0 Å². The normalized spacial score (nSPS) is 10.6. The summed E-state index contributed by atoms with van der Waals surface area (Å²) in [7, 11) is -1.29. The van der Waals surface area contributed by atoms with Gasteiger partial charge in [-0.25, -0.2) is 0 Å². The Morgan fingerprint density at radius 3 is 1.93 bits per heavy atom. The predicted octanol–water partition coefficient (Wildman–Crippen LogP) is 8.90. The molecular formula is C38H34IrN2Si-2. The van der Waals surface area contributed by atoms with Gasteiger partial charge in [-0.2, -0.15) is 0 Å². The molecule has 6 aromatic rings. The van der Waals surface area contributed by atoms with Crippen molar-refractivity contribution in [1.82, 2.24) is 9.97 Å². The molecule has 42 heavy (non-hydrogen) atoms. The van der Waals surface area contributed by atoms with Crippen LogP contribution in [0.15, 0.2) is 140 Å². The van der Waals surface area contributed by atoms with Crippen LogP contribution >= 0.6 is 0 Å². The average molecular weight is 739 g/mol. The summed E-state index contributed by atoms with van der Waals surface area (Å²) in [5, 5.41) is 1.38. The zero-order valence-electron chi connectivity index (χ0n) is 24.2. The van der Waals surface area contributed by atoms with Gasteiger partial charge in [-0.1, -0.05) is 110 Å². The molecule has 4 aromatic carbocycles. The van der Waals surface area contributed by atoms with Crippen molar-refractivity contribution in [2.75, 3.05) is 0 Å². The van der Waals surface area contributed by atoms with E-state index < -0.39 is 8.07 Å². The molecule has 0 atom stereocenters. The van der Waals surface area contributed by atoms with E-state index in [0.717, 1.165) is 28.9 Å². The third-order valence-corrected chi connectivity index (χ3v) is 8.91. The summed E-state index contributed by atoms with van der Waals surface area (Å²) < 4.78 is 0. The largest absolute Gasteiger partial charge is 0.305 e. The van der Waals surface area contributed by atoms with E-state index in [4.69, 9.17) is 0 Å². The van der Waals surface area contributed by atoms with Crippen molar-refractivity contribution in [2.45, 2.75) is 26.1 Å². The fraction of sp³-hybridized carbons (Fsp3) is 0.105. The second-order valence-electron chi connectivity index (χ2n) is 11.0. The maximum absolute atomic E-state index is 4.65. The molecule has 0 spiro atoms. The van der Waals surface area contributed by atoms with Gasteiger partial charge in [0.25, 0.3) is 0 Å². The monoisotopic (exact) mass is 739 g/mol. The molecule has 0 N–H and O–H groups in total. The van der Waals surface area contributed by atoms with E-state index in [9.17, 15) is 0 Å². The van der Waals surface area contributed by atoms with Crippen LogP contribution in [0, 0.1) is 12.1 Å². The third kappa shape index (κ3) is 8.53. The first-order chi connectivity index (χ1) is 20.0. The molecule has 2 heterocycles. The molecule has 0 saturated carbocycles. The smallest absolute Gasteiger partial charge is 0.0795 e. The van der Waals surface area contributed by atoms with Crippen LogP contribution in [0.2, 0.25) is 19.6 Å². The Kier molecular flexibility index (Phi) is 10.9. The topological polar surface area (TPSA) is 25.8 Å². The van der Waals surface area contributed by atoms with Gasteiger partial charge in [0.05, 0.1) is 8.07 Å². The summed E-state index contributed by atoms with van der Waals surface area (Å²) in [5.74, 6) is 0. The van der Waals surface area contributed by atoms with Crippen molar-refractivity contribution in [1.29, 1.82) is 0 Å².